The second-order valence-corrected chi connectivity index (χ2v) is 4.99. The van der Waals surface area contributed by atoms with Crippen molar-refractivity contribution in [2.24, 2.45) is 0 Å². The lowest BCUT2D eigenvalue weighted by Gasteiger charge is -2.10. The first kappa shape index (κ1) is 11.6. The third-order valence-electron chi connectivity index (χ3n) is 2.95. The Morgan fingerprint density at radius 3 is 2.88 bits per heavy atom. The molecule has 0 saturated heterocycles. The molecule has 1 heterocycles. The predicted molar refractivity (Wildman–Crippen MR) is 65.3 cm³/mol. The van der Waals surface area contributed by atoms with Gasteiger partial charge in [0.15, 0.2) is 5.69 Å². The lowest BCUT2D eigenvalue weighted by molar-refractivity contribution is 0.0931. The molecule has 1 N–H and O–H groups in total. The van der Waals surface area contributed by atoms with Gasteiger partial charge in [0.2, 0.25) is 0 Å². The minimum Gasteiger partial charge on any atom is -0.348 e. The number of hydrogen-bond donors (Lipinski definition) is 1. The highest BCUT2D eigenvalue weighted by Crippen LogP contribution is 2.19. The number of amides is 1. The van der Waals surface area contributed by atoms with Gasteiger partial charge in [-0.05, 0) is 35.7 Å². The van der Waals surface area contributed by atoms with Crippen molar-refractivity contribution in [1.29, 1.82) is 0 Å². The number of nitrogens with zero attached hydrogens (tertiary/aromatic N) is 2. The number of halogens is 1. The van der Waals surface area contributed by atoms with Crippen molar-refractivity contribution < 1.29 is 4.79 Å². The highest BCUT2D eigenvalue weighted by Gasteiger charge is 2.21. The van der Waals surface area contributed by atoms with Gasteiger partial charge in [-0.2, -0.15) is 5.10 Å². The van der Waals surface area contributed by atoms with Crippen LogP contribution in [0.1, 0.15) is 43.1 Å². The summed E-state index contributed by atoms with van der Waals surface area (Å²) in [5.41, 5.74) is 0.494. The van der Waals surface area contributed by atoms with E-state index in [9.17, 15) is 4.79 Å². The first-order chi connectivity index (χ1) is 7.70. The Kier molecular flexibility index (Phi) is 3.63. The van der Waals surface area contributed by atoms with Crippen molar-refractivity contribution in [1.82, 2.24) is 15.1 Å². The molecule has 16 heavy (non-hydrogen) atoms. The molecule has 1 aliphatic rings. The fourth-order valence-electron chi connectivity index (χ4n) is 2.04. The summed E-state index contributed by atoms with van der Waals surface area (Å²) >= 11 is 3.36. The zero-order valence-corrected chi connectivity index (χ0v) is 11.0. The Bertz CT molecular complexity index is 383. The maximum Gasteiger partial charge on any atom is 0.273 e. The molecule has 1 amide bonds. The largest absolute Gasteiger partial charge is 0.348 e. The third kappa shape index (κ3) is 2.45. The SMILES string of the molecule is CCn1cc(Br)c(C(=O)NC2CCCC2)n1. The first-order valence-corrected chi connectivity index (χ1v) is 6.54. The first-order valence-electron chi connectivity index (χ1n) is 5.74. The van der Waals surface area contributed by atoms with E-state index in [2.05, 4.69) is 26.3 Å². The van der Waals surface area contributed by atoms with Gasteiger partial charge in [0.05, 0.1) is 4.47 Å². The van der Waals surface area contributed by atoms with Gasteiger partial charge in [-0.25, -0.2) is 0 Å². The van der Waals surface area contributed by atoms with E-state index >= 15 is 0 Å². The Morgan fingerprint density at radius 2 is 2.31 bits per heavy atom. The van der Waals surface area contributed by atoms with Crippen LogP contribution in [0, 0.1) is 0 Å². The van der Waals surface area contributed by atoms with E-state index in [0.29, 0.717) is 11.7 Å². The van der Waals surface area contributed by atoms with Crippen LogP contribution in [0.3, 0.4) is 0 Å². The second-order valence-electron chi connectivity index (χ2n) is 4.14. The van der Waals surface area contributed by atoms with Crippen molar-refractivity contribution >= 4 is 21.8 Å². The summed E-state index contributed by atoms with van der Waals surface area (Å²) in [5.74, 6) is -0.0639. The minimum atomic E-state index is -0.0639. The summed E-state index contributed by atoms with van der Waals surface area (Å²) < 4.78 is 2.53. The number of aromatic nitrogens is 2. The van der Waals surface area contributed by atoms with Gasteiger partial charge in [-0.15, -0.1) is 0 Å². The summed E-state index contributed by atoms with van der Waals surface area (Å²) in [6.45, 7) is 2.77. The van der Waals surface area contributed by atoms with Crippen LogP contribution in [0.25, 0.3) is 0 Å². The monoisotopic (exact) mass is 285 g/mol. The molecule has 2 rings (SSSR count). The summed E-state index contributed by atoms with van der Waals surface area (Å²) in [7, 11) is 0. The molecule has 1 aromatic rings. The molecule has 0 radical (unpaired) electrons. The number of aryl methyl sites for hydroxylation is 1. The number of rotatable bonds is 3. The molecule has 88 valence electrons. The number of carbonyl (C=O) groups is 1. The highest BCUT2D eigenvalue weighted by atomic mass is 79.9. The smallest absolute Gasteiger partial charge is 0.273 e. The van der Waals surface area contributed by atoms with E-state index in [4.69, 9.17) is 0 Å². The lowest BCUT2D eigenvalue weighted by atomic mass is 10.2. The zero-order valence-electron chi connectivity index (χ0n) is 9.37. The van der Waals surface area contributed by atoms with Gasteiger partial charge < -0.3 is 5.32 Å². The van der Waals surface area contributed by atoms with Crippen LogP contribution in [0.15, 0.2) is 10.7 Å². The van der Waals surface area contributed by atoms with Gasteiger partial charge >= 0.3 is 0 Å². The van der Waals surface area contributed by atoms with Crippen LogP contribution in [0.5, 0.6) is 0 Å². The van der Waals surface area contributed by atoms with Crippen LogP contribution in [-0.4, -0.2) is 21.7 Å². The van der Waals surface area contributed by atoms with Crippen LogP contribution in [-0.2, 0) is 6.54 Å². The molecule has 0 unspecified atom stereocenters. The molecule has 5 heteroatoms. The molecule has 0 atom stereocenters. The van der Waals surface area contributed by atoms with Gasteiger partial charge in [-0.3, -0.25) is 9.48 Å². The molecule has 0 aromatic carbocycles. The number of nitrogens with one attached hydrogen (secondary N) is 1. The maximum absolute atomic E-state index is 11.9. The van der Waals surface area contributed by atoms with Crippen molar-refractivity contribution in [2.75, 3.05) is 0 Å². The van der Waals surface area contributed by atoms with E-state index in [1.54, 1.807) is 4.68 Å². The van der Waals surface area contributed by atoms with Gasteiger partial charge in [0.25, 0.3) is 5.91 Å². The predicted octanol–water partition coefficient (Wildman–Crippen LogP) is 2.34. The van der Waals surface area contributed by atoms with Gasteiger partial charge in [0.1, 0.15) is 0 Å². The van der Waals surface area contributed by atoms with Crippen molar-refractivity contribution in [3.05, 3.63) is 16.4 Å². The molecule has 1 fully saturated rings. The lowest BCUT2D eigenvalue weighted by Crippen LogP contribution is -2.33. The van der Waals surface area contributed by atoms with E-state index in [0.717, 1.165) is 23.9 Å². The molecule has 4 nitrogen and oxygen atoms in total. The molecule has 1 saturated carbocycles. The molecular weight excluding hydrogens is 270 g/mol. The van der Waals surface area contributed by atoms with Gasteiger partial charge in [0, 0.05) is 18.8 Å². The third-order valence-corrected chi connectivity index (χ3v) is 3.53. The standard InChI is InChI=1S/C11H16BrN3O/c1-2-15-7-9(12)10(14-15)11(16)13-8-5-3-4-6-8/h7-8H,2-6H2,1H3,(H,13,16). The summed E-state index contributed by atoms with van der Waals surface area (Å²) in [4.78, 5) is 11.9. The van der Waals surface area contributed by atoms with Crippen LogP contribution >= 0.6 is 15.9 Å². The highest BCUT2D eigenvalue weighted by molar-refractivity contribution is 9.10. The molecule has 1 aliphatic carbocycles. The number of carbonyl (C=O) groups excluding carboxylic acids is 1. The van der Waals surface area contributed by atoms with Crippen molar-refractivity contribution in [3.8, 4) is 0 Å². The quantitative estimate of drug-likeness (QED) is 0.927. The van der Waals surface area contributed by atoms with E-state index < -0.39 is 0 Å². The Hall–Kier alpha value is -0.840. The van der Waals surface area contributed by atoms with E-state index in [-0.39, 0.29) is 5.91 Å². The normalized spacial score (nSPS) is 16.6. The molecule has 1 aromatic heterocycles. The van der Waals surface area contributed by atoms with E-state index in [1.807, 2.05) is 13.1 Å². The Balaban J connectivity index is 2.04. The fraction of sp³-hybridized carbons (Fsp3) is 0.636. The van der Waals surface area contributed by atoms with Crippen LogP contribution in [0.4, 0.5) is 0 Å². The Morgan fingerprint density at radius 1 is 1.62 bits per heavy atom. The zero-order chi connectivity index (χ0) is 11.5. The Labute approximate surface area is 104 Å². The summed E-state index contributed by atoms with van der Waals surface area (Å²) in [6.07, 6.45) is 6.46. The second kappa shape index (κ2) is 4.99. The summed E-state index contributed by atoms with van der Waals surface area (Å²) in [6, 6.07) is 0.339. The van der Waals surface area contributed by atoms with Crippen molar-refractivity contribution in [3.63, 3.8) is 0 Å². The van der Waals surface area contributed by atoms with Crippen molar-refractivity contribution in [2.45, 2.75) is 45.2 Å². The minimum absolute atomic E-state index is 0.0639. The maximum atomic E-state index is 11.9. The van der Waals surface area contributed by atoms with E-state index in [1.165, 1.54) is 12.8 Å². The molecule has 0 aliphatic heterocycles. The van der Waals surface area contributed by atoms with Gasteiger partial charge in [-0.1, -0.05) is 12.8 Å². The molecular formula is C11H16BrN3O. The average Bonchev–Trinajstić information content (AvgIpc) is 2.87. The average molecular weight is 286 g/mol. The molecule has 0 spiro atoms. The summed E-state index contributed by atoms with van der Waals surface area (Å²) in [5, 5.41) is 7.26. The number of hydrogen-bond acceptors (Lipinski definition) is 2. The topological polar surface area (TPSA) is 46.9 Å². The fourth-order valence-corrected chi connectivity index (χ4v) is 2.53. The van der Waals surface area contributed by atoms with Crippen LogP contribution < -0.4 is 5.32 Å². The van der Waals surface area contributed by atoms with Crippen LogP contribution in [0.2, 0.25) is 0 Å². The molecule has 0 bridgehead atoms.